The fourth-order valence-electron chi connectivity index (χ4n) is 1.51. The highest BCUT2D eigenvalue weighted by atomic mass is 16.5. The van der Waals surface area contributed by atoms with Crippen LogP contribution in [0.4, 0.5) is 0 Å². The first-order valence-corrected chi connectivity index (χ1v) is 6.29. The predicted octanol–water partition coefficient (Wildman–Crippen LogP) is 1.29. The molecule has 102 valence electrons. The molecule has 0 atom stereocenters. The Hall–Kier alpha value is -1.95. The lowest BCUT2D eigenvalue weighted by Gasteiger charge is -2.08. The standard InChI is InChI=1S/C13H19N5O/c1-10(2)14-6-11-4-5-12(7-15-11)19-8-13-16-9-17-18(13)3/h4-5,7,9-10,14H,6,8H2,1-3H3. The number of hydrogen-bond donors (Lipinski definition) is 1. The topological polar surface area (TPSA) is 64.9 Å². The van der Waals surface area contributed by atoms with Crippen LogP contribution in [0.2, 0.25) is 0 Å². The van der Waals surface area contributed by atoms with E-state index in [0.717, 1.165) is 23.8 Å². The van der Waals surface area contributed by atoms with E-state index in [9.17, 15) is 0 Å². The molecule has 2 aromatic rings. The Labute approximate surface area is 112 Å². The second kappa shape index (κ2) is 6.29. The Bertz CT molecular complexity index is 506. The Morgan fingerprint density at radius 2 is 2.16 bits per heavy atom. The molecule has 0 aliphatic carbocycles. The maximum absolute atomic E-state index is 5.61. The van der Waals surface area contributed by atoms with Crippen molar-refractivity contribution >= 4 is 0 Å². The summed E-state index contributed by atoms with van der Waals surface area (Å²) in [6.07, 6.45) is 3.24. The molecule has 6 nitrogen and oxygen atoms in total. The molecule has 0 saturated carbocycles. The van der Waals surface area contributed by atoms with Gasteiger partial charge in [-0.2, -0.15) is 5.10 Å². The molecule has 2 aromatic heterocycles. The van der Waals surface area contributed by atoms with Crippen molar-refractivity contribution in [2.24, 2.45) is 7.05 Å². The van der Waals surface area contributed by atoms with E-state index in [1.807, 2.05) is 19.2 Å². The maximum Gasteiger partial charge on any atom is 0.164 e. The molecule has 0 aromatic carbocycles. The van der Waals surface area contributed by atoms with E-state index < -0.39 is 0 Å². The highest BCUT2D eigenvalue weighted by Crippen LogP contribution is 2.10. The molecular weight excluding hydrogens is 242 g/mol. The van der Waals surface area contributed by atoms with Crippen molar-refractivity contribution in [3.05, 3.63) is 36.2 Å². The first-order chi connectivity index (χ1) is 9.15. The van der Waals surface area contributed by atoms with Gasteiger partial charge in [0.15, 0.2) is 5.82 Å². The van der Waals surface area contributed by atoms with Gasteiger partial charge in [0.05, 0.1) is 11.9 Å². The van der Waals surface area contributed by atoms with Gasteiger partial charge < -0.3 is 10.1 Å². The summed E-state index contributed by atoms with van der Waals surface area (Å²) in [5.74, 6) is 1.52. The number of pyridine rings is 1. The van der Waals surface area contributed by atoms with Crippen molar-refractivity contribution in [2.75, 3.05) is 0 Å². The molecular formula is C13H19N5O. The summed E-state index contributed by atoms with van der Waals surface area (Å²) >= 11 is 0. The van der Waals surface area contributed by atoms with Crippen LogP contribution in [0.25, 0.3) is 0 Å². The number of hydrogen-bond acceptors (Lipinski definition) is 5. The number of nitrogens with zero attached hydrogens (tertiary/aromatic N) is 4. The van der Waals surface area contributed by atoms with Crippen LogP contribution in [-0.2, 0) is 20.2 Å². The summed E-state index contributed by atoms with van der Waals surface area (Å²) in [7, 11) is 1.84. The second-order valence-corrected chi connectivity index (χ2v) is 4.61. The summed E-state index contributed by atoms with van der Waals surface area (Å²) < 4.78 is 7.29. The number of aryl methyl sites for hydroxylation is 1. The minimum atomic E-state index is 0.391. The van der Waals surface area contributed by atoms with Gasteiger partial charge in [0, 0.05) is 19.6 Å². The van der Waals surface area contributed by atoms with Crippen molar-refractivity contribution < 1.29 is 4.74 Å². The van der Waals surface area contributed by atoms with E-state index >= 15 is 0 Å². The average molecular weight is 261 g/mol. The van der Waals surface area contributed by atoms with Crippen LogP contribution in [-0.4, -0.2) is 25.8 Å². The van der Waals surface area contributed by atoms with Gasteiger partial charge in [0.2, 0.25) is 0 Å². The molecule has 0 saturated heterocycles. The molecule has 0 aliphatic rings. The molecule has 0 radical (unpaired) electrons. The molecule has 0 spiro atoms. The van der Waals surface area contributed by atoms with E-state index in [2.05, 4.69) is 34.2 Å². The minimum Gasteiger partial charge on any atom is -0.484 e. The summed E-state index contributed by atoms with van der Waals surface area (Å²) in [4.78, 5) is 8.44. The highest BCUT2D eigenvalue weighted by Gasteiger charge is 2.02. The van der Waals surface area contributed by atoms with Crippen molar-refractivity contribution in [1.82, 2.24) is 25.1 Å². The third-order valence-corrected chi connectivity index (χ3v) is 2.66. The molecule has 1 N–H and O–H groups in total. The van der Waals surface area contributed by atoms with Crippen molar-refractivity contribution in [1.29, 1.82) is 0 Å². The third kappa shape index (κ3) is 4.03. The van der Waals surface area contributed by atoms with Crippen LogP contribution in [0.15, 0.2) is 24.7 Å². The molecule has 0 fully saturated rings. The Morgan fingerprint density at radius 3 is 2.74 bits per heavy atom. The molecule has 2 heterocycles. The Morgan fingerprint density at radius 1 is 1.32 bits per heavy atom. The quantitative estimate of drug-likeness (QED) is 0.848. The lowest BCUT2D eigenvalue weighted by Crippen LogP contribution is -2.22. The number of aromatic nitrogens is 4. The number of ether oxygens (including phenoxy) is 1. The summed E-state index contributed by atoms with van der Waals surface area (Å²) in [6.45, 7) is 5.37. The fourth-order valence-corrected chi connectivity index (χ4v) is 1.51. The van der Waals surface area contributed by atoms with Crippen LogP contribution in [0, 0.1) is 0 Å². The molecule has 2 rings (SSSR count). The summed E-state index contributed by atoms with van der Waals surface area (Å²) in [6, 6.07) is 4.33. The van der Waals surface area contributed by atoms with Crippen molar-refractivity contribution in [2.45, 2.75) is 33.0 Å². The van der Waals surface area contributed by atoms with Crippen LogP contribution in [0.1, 0.15) is 25.4 Å². The van der Waals surface area contributed by atoms with E-state index in [1.54, 1.807) is 10.9 Å². The Kier molecular flexibility index (Phi) is 4.46. The van der Waals surface area contributed by atoms with E-state index in [-0.39, 0.29) is 0 Å². The highest BCUT2D eigenvalue weighted by molar-refractivity contribution is 5.19. The SMILES string of the molecule is CC(C)NCc1ccc(OCc2ncnn2C)cn1. The van der Waals surface area contributed by atoms with Gasteiger partial charge in [-0.25, -0.2) is 4.98 Å². The first-order valence-electron chi connectivity index (χ1n) is 6.29. The molecule has 0 aliphatic heterocycles. The lowest BCUT2D eigenvalue weighted by molar-refractivity contribution is 0.288. The molecule has 6 heteroatoms. The monoisotopic (exact) mass is 261 g/mol. The van der Waals surface area contributed by atoms with Gasteiger partial charge in [0.25, 0.3) is 0 Å². The zero-order chi connectivity index (χ0) is 13.7. The summed E-state index contributed by atoms with van der Waals surface area (Å²) in [5.41, 5.74) is 1.000. The lowest BCUT2D eigenvalue weighted by atomic mass is 10.3. The van der Waals surface area contributed by atoms with E-state index in [4.69, 9.17) is 4.74 Å². The van der Waals surface area contributed by atoms with Gasteiger partial charge in [-0.3, -0.25) is 9.67 Å². The molecule has 0 amide bonds. The van der Waals surface area contributed by atoms with Crippen LogP contribution < -0.4 is 10.1 Å². The zero-order valence-corrected chi connectivity index (χ0v) is 11.5. The van der Waals surface area contributed by atoms with Gasteiger partial charge in [0.1, 0.15) is 18.7 Å². The van der Waals surface area contributed by atoms with Crippen LogP contribution >= 0.6 is 0 Å². The fraction of sp³-hybridized carbons (Fsp3) is 0.462. The Balaban J connectivity index is 1.86. The van der Waals surface area contributed by atoms with Crippen molar-refractivity contribution in [3.63, 3.8) is 0 Å². The van der Waals surface area contributed by atoms with Crippen LogP contribution in [0.3, 0.4) is 0 Å². The largest absolute Gasteiger partial charge is 0.484 e. The normalized spacial score (nSPS) is 10.9. The van der Waals surface area contributed by atoms with Gasteiger partial charge in [-0.15, -0.1) is 0 Å². The summed E-state index contributed by atoms with van der Waals surface area (Å²) in [5, 5.41) is 7.30. The van der Waals surface area contributed by atoms with Crippen molar-refractivity contribution in [3.8, 4) is 5.75 Å². The zero-order valence-electron chi connectivity index (χ0n) is 11.5. The van der Waals surface area contributed by atoms with Crippen LogP contribution in [0.5, 0.6) is 5.75 Å². The maximum atomic E-state index is 5.61. The smallest absolute Gasteiger partial charge is 0.164 e. The first kappa shape index (κ1) is 13.5. The van der Waals surface area contributed by atoms with Gasteiger partial charge in [-0.05, 0) is 12.1 Å². The minimum absolute atomic E-state index is 0.391. The van der Waals surface area contributed by atoms with E-state index in [0.29, 0.717) is 12.6 Å². The third-order valence-electron chi connectivity index (χ3n) is 2.66. The second-order valence-electron chi connectivity index (χ2n) is 4.61. The molecule has 0 unspecified atom stereocenters. The number of rotatable bonds is 6. The average Bonchev–Trinajstić information content (AvgIpc) is 2.81. The molecule has 0 bridgehead atoms. The predicted molar refractivity (Wildman–Crippen MR) is 71.5 cm³/mol. The van der Waals surface area contributed by atoms with E-state index in [1.165, 1.54) is 6.33 Å². The van der Waals surface area contributed by atoms with Gasteiger partial charge >= 0.3 is 0 Å². The van der Waals surface area contributed by atoms with Gasteiger partial charge in [-0.1, -0.05) is 13.8 Å². The number of nitrogens with one attached hydrogen (secondary N) is 1. The molecule has 19 heavy (non-hydrogen) atoms.